The van der Waals surface area contributed by atoms with E-state index in [0.717, 1.165) is 0 Å². The van der Waals surface area contributed by atoms with Gasteiger partial charge in [-0.2, -0.15) is 0 Å². The summed E-state index contributed by atoms with van der Waals surface area (Å²) in [6.07, 6.45) is 0.141. The van der Waals surface area contributed by atoms with Gasteiger partial charge in [0, 0.05) is 6.04 Å². The maximum absolute atomic E-state index is 10.6. The summed E-state index contributed by atoms with van der Waals surface area (Å²) in [7, 11) is 0. The fourth-order valence-corrected chi connectivity index (χ4v) is 1.22. The van der Waals surface area contributed by atoms with Crippen LogP contribution >= 0.6 is 0 Å². The van der Waals surface area contributed by atoms with Crippen molar-refractivity contribution in [2.24, 2.45) is 17.1 Å². The molecule has 0 heterocycles. The highest BCUT2D eigenvalue weighted by molar-refractivity contribution is 5.67. The van der Waals surface area contributed by atoms with Crippen LogP contribution in [0.2, 0.25) is 0 Å². The molecule has 0 aromatic heterocycles. The predicted molar refractivity (Wildman–Crippen MR) is 48.8 cm³/mol. The first-order valence-electron chi connectivity index (χ1n) is 4.28. The van der Waals surface area contributed by atoms with Crippen LogP contribution in [0.15, 0.2) is 0 Å². The Kier molecular flexibility index (Phi) is 3.71. The summed E-state index contributed by atoms with van der Waals surface area (Å²) in [5.74, 6) is -0.489. The summed E-state index contributed by atoms with van der Waals surface area (Å²) in [4.78, 5) is 10.6. The van der Waals surface area contributed by atoms with Gasteiger partial charge in [-0.25, -0.2) is 0 Å². The highest BCUT2D eigenvalue weighted by atomic mass is 16.4. The molecule has 0 bridgehead atoms. The van der Waals surface area contributed by atoms with Crippen LogP contribution in [0.4, 0.5) is 0 Å². The van der Waals surface area contributed by atoms with Crippen LogP contribution in [-0.4, -0.2) is 17.1 Å². The highest BCUT2D eigenvalue weighted by Crippen LogP contribution is 2.33. The normalized spacial score (nSPS) is 18.8. The molecular formula is C9H19NO2. The van der Waals surface area contributed by atoms with E-state index in [1.807, 2.05) is 27.7 Å². The van der Waals surface area contributed by atoms with Gasteiger partial charge < -0.3 is 10.8 Å². The first-order chi connectivity index (χ1) is 5.30. The zero-order valence-corrected chi connectivity index (χ0v) is 8.29. The number of hydrogen-bond acceptors (Lipinski definition) is 2. The maximum Gasteiger partial charge on any atom is 0.303 e. The zero-order chi connectivity index (χ0) is 9.94. The number of carbonyl (C=O) groups is 1. The Labute approximate surface area is 74.0 Å². The Balaban J connectivity index is 4.51. The van der Waals surface area contributed by atoms with Gasteiger partial charge in [0.25, 0.3) is 0 Å². The lowest BCUT2D eigenvalue weighted by Gasteiger charge is -2.36. The number of nitrogens with two attached hydrogens (primary N) is 1. The average Bonchev–Trinajstić information content (AvgIpc) is 1.84. The molecule has 0 aliphatic carbocycles. The molecule has 72 valence electrons. The van der Waals surface area contributed by atoms with Gasteiger partial charge in [-0.05, 0) is 18.3 Å². The summed E-state index contributed by atoms with van der Waals surface area (Å²) in [6, 6.07) is -0.0893. The fraction of sp³-hybridized carbons (Fsp3) is 0.889. The van der Waals surface area contributed by atoms with Gasteiger partial charge >= 0.3 is 5.97 Å². The van der Waals surface area contributed by atoms with Crippen LogP contribution in [0.25, 0.3) is 0 Å². The number of carboxylic acid groups (broad SMARTS) is 1. The van der Waals surface area contributed by atoms with E-state index in [2.05, 4.69) is 0 Å². The second-order valence-electron chi connectivity index (χ2n) is 4.02. The van der Waals surface area contributed by atoms with Gasteiger partial charge in [0.05, 0.1) is 6.42 Å². The Hall–Kier alpha value is -0.570. The summed E-state index contributed by atoms with van der Waals surface area (Å²) in [5, 5.41) is 8.69. The van der Waals surface area contributed by atoms with Gasteiger partial charge in [0.15, 0.2) is 0 Å². The lowest BCUT2D eigenvalue weighted by Crippen LogP contribution is -2.42. The number of aliphatic carboxylic acids is 1. The molecule has 3 N–H and O–H groups in total. The minimum atomic E-state index is -0.775. The van der Waals surface area contributed by atoms with E-state index in [0.29, 0.717) is 0 Å². The first kappa shape index (κ1) is 11.4. The largest absolute Gasteiger partial charge is 0.481 e. The van der Waals surface area contributed by atoms with Crippen LogP contribution in [0, 0.1) is 11.3 Å². The lowest BCUT2D eigenvalue weighted by molar-refractivity contribution is -0.140. The van der Waals surface area contributed by atoms with Gasteiger partial charge in [0.1, 0.15) is 0 Å². The van der Waals surface area contributed by atoms with Gasteiger partial charge in [-0.1, -0.05) is 20.8 Å². The van der Waals surface area contributed by atoms with E-state index in [1.165, 1.54) is 0 Å². The number of hydrogen-bond donors (Lipinski definition) is 2. The Morgan fingerprint density at radius 1 is 1.50 bits per heavy atom. The SMILES string of the molecule is CC(C)C(C)(CC(=O)O)C(C)N. The molecule has 0 fully saturated rings. The maximum atomic E-state index is 10.6. The van der Waals surface area contributed by atoms with Crippen molar-refractivity contribution in [3.05, 3.63) is 0 Å². The van der Waals surface area contributed by atoms with E-state index in [1.54, 1.807) is 0 Å². The lowest BCUT2D eigenvalue weighted by atomic mass is 9.71. The van der Waals surface area contributed by atoms with Crippen molar-refractivity contribution in [2.45, 2.75) is 40.2 Å². The standard InChI is InChI=1S/C9H19NO2/c1-6(2)9(4,7(3)10)5-8(11)12/h6-7H,5,10H2,1-4H3,(H,11,12). The Bertz CT molecular complexity index is 156. The molecular weight excluding hydrogens is 154 g/mol. The third kappa shape index (κ3) is 2.48. The average molecular weight is 173 g/mol. The quantitative estimate of drug-likeness (QED) is 0.676. The molecule has 2 unspecified atom stereocenters. The van der Waals surface area contributed by atoms with E-state index in [9.17, 15) is 4.79 Å². The van der Waals surface area contributed by atoms with Crippen molar-refractivity contribution < 1.29 is 9.90 Å². The third-order valence-electron chi connectivity index (χ3n) is 2.89. The third-order valence-corrected chi connectivity index (χ3v) is 2.89. The second kappa shape index (κ2) is 3.90. The molecule has 0 aliphatic heterocycles. The summed E-state index contributed by atoms with van der Waals surface area (Å²) >= 11 is 0. The van der Waals surface area contributed by atoms with E-state index in [4.69, 9.17) is 10.8 Å². The minimum Gasteiger partial charge on any atom is -0.481 e. The molecule has 0 saturated carbocycles. The van der Waals surface area contributed by atoms with Crippen LogP contribution < -0.4 is 5.73 Å². The van der Waals surface area contributed by atoms with Crippen molar-refractivity contribution in [1.82, 2.24) is 0 Å². The van der Waals surface area contributed by atoms with Crippen molar-refractivity contribution >= 4 is 5.97 Å². The Morgan fingerprint density at radius 2 is 1.92 bits per heavy atom. The molecule has 0 spiro atoms. The van der Waals surface area contributed by atoms with E-state index < -0.39 is 5.97 Å². The monoisotopic (exact) mass is 173 g/mol. The van der Waals surface area contributed by atoms with Gasteiger partial charge in [-0.3, -0.25) is 4.79 Å². The molecule has 3 nitrogen and oxygen atoms in total. The summed E-state index contributed by atoms with van der Waals surface area (Å²) < 4.78 is 0. The molecule has 0 radical (unpaired) electrons. The first-order valence-corrected chi connectivity index (χ1v) is 4.28. The smallest absolute Gasteiger partial charge is 0.303 e. The number of rotatable bonds is 4. The topological polar surface area (TPSA) is 63.3 Å². The van der Waals surface area contributed by atoms with Crippen molar-refractivity contribution in [3.63, 3.8) is 0 Å². The summed E-state index contributed by atoms with van der Waals surface area (Å²) in [6.45, 7) is 7.80. The van der Waals surface area contributed by atoms with E-state index >= 15 is 0 Å². The highest BCUT2D eigenvalue weighted by Gasteiger charge is 2.34. The van der Waals surface area contributed by atoms with Gasteiger partial charge in [-0.15, -0.1) is 0 Å². The molecule has 2 atom stereocenters. The van der Waals surface area contributed by atoms with Crippen LogP contribution in [0.1, 0.15) is 34.1 Å². The predicted octanol–water partition coefficient (Wildman–Crippen LogP) is 1.47. The molecule has 12 heavy (non-hydrogen) atoms. The fourth-order valence-electron chi connectivity index (χ4n) is 1.22. The van der Waals surface area contributed by atoms with Crippen molar-refractivity contribution in [1.29, 1.82) is 0 Å². The van der Waals surface area contributed by atoms with E-state index in [-0.39, 0.29) is 23.8 Å². The molecule has 0 saturated heterocycles. The van der Waals surface area contributed by atoms with Crippen LogP contribution in [0.3, 0.4) is 0 Å². The Morgan fingerprint density at radius 3 is 2.00 bits per heavy atom. The minimum absolute atomic E-state index is 0.0893. The van der Waals surface area contributed by atoms with Gasteiger partial charge in [0.2, 0.25) is 0 Å². The second-order valence-corrected chi connectivity index (χ2v) is 4.02. The molecule has 0 amide bonds. The van der Waals surface area contributed by atoms with Crippen LogP contribution in [-0.2, 0) is 4.79 Å². The van der Waals surface area contributed by atoms with Crippen molar-refractivity contribution in [3.8, 4) is 0 Å². The van der Waals surface area contributed by atoms with Crippen molar-refractivity contribution in [2.75, 3.05) is 0 Å². The molecule has 0 aliphatic rings. The number of carboxylic acids is 1. The molecule has 0 aromatic carbocycles. The molecule has 0 aromatic rings. The molecule has 0 rings (SSSR count). The molecule has 3 heteroatoms. The summed E-state index contributed by atoms with van der Waals surface area (Å²) in [5.41, 5.74) is 5.46. The van der Waals surface area contributed by atoms with Crippen LogP contribution in [0.5, 0.6) is 0 Å². The zero-order valence-electron chi connectivity index (χ0n) is 8.29.